The zero-order valence-electron chi connectivity index (χ0n) is 17.7. The Bertz CT molecular complexity index is 664. The van der Waals surface area contributed by atoms with Crippen molar-refractivity contribution in [1.29, 1.82) is 0 Å². The van der Waals surface area contributed by atoms with Crippen molar-refractivity contribution in [2.45, 2.75) is 46.2 Å². The second kappa shape index (κ2) is 13.5. The zero-order chi connectivity index (χ0) is 20.8. The quantitative estimate of drug-likeness (QED) is 0.262. The molecular formula is C20H37N5O2S. The average molecular weight is 412 g/mol. The van der Waals surface area contributed by atoms with Crippen LogP contribution in [0.4, 0.5) is 0 Å². The van der Waals surface area contributed by atoms with Crippen molar-refractivity contribution < 1.29 is 8.42 Å². The normalized spacial score (nSPS) is 13.5. The van der Waals surface area contributed by atoms with Crippen molar-refractivity contribution in [3.05, 3.63) is 35.9 Å². The van der Waals surface area contributed by atoms with Crippen LogP contribution in [0.1, 0.15) is 39.2 Å². The largest absolute Gasteiger partial charge is 0.357 e. The minimum Gasteiger partial charge on any atom is -0.357 e. The number of guanidine groups is 1. The maximum absolute atomic E-state index is 11.4. The molecule has 1 aromatic carbocycles. The molecule has 0 radical (unpaired) electrons. The first kappa shape index (κ1) is 24.4. The lowest BCUT2D eigenvalue weighted by atomic mass is 10.1. The third kappa shape index (κ3) is 10.6. The predicted molar refractivity (Wildman–Crippen MR) is 118 cm³/mol. The van der Waals surface area contributed by atoms with Crippen LogP contribution in [0.5, 0.6) is 0 Å². The number of nitrogens with zero attached hydrogens (tertiary/aromatic N) is 2. The van der Waals surface area contributed by atoms with Crippen LogP contribution in [0.2, 0.25) is 0 Å². The van der Waals surface area contributed by atoms with E-state index >= 15 is 0 Å². The summed E-state index contributed by atoms with van der Waals surface area (Å²) in [7, 11) is -0.972. The van der Waals surface area contributed by atoms with Gasteiger partial charge < -0.3 is 10.6 Å². The van der Waals surface area contributed by atoms with Crippen molar-refractivity contribution in [3.63, 3.8) is 0 Å². The molecule has 8 heteroatoms. The summed E-state index contributed by atoms with van der Waals surface area (Å²) in [5.41, 5.74) is 1.32. The predicted octanol–water partition coefficient (Wildman–Crippen LogP) is 1.78. The molecular weight excluding hydrogens is 374 g/mol. The molecule has 0 fully saturated rings. The Kier molecular flexibility index (Phi) is 11.8. The van der Waals surface area contributed by atoms with Crippen molar-refractivity contribution in [2.75, 3.05) is 39.0 Å². The van der Waals surface area contributed by atoms with Crippen molar-refractivity contribution >= 4 is 16.0 Å². The molecule has 1 rings (SSSR count). The summed E-state index contributed by atoms with van der Waals surface area (Å²) in [6.45, 7) is 9.44. The maximum Gasteiger partial charge on any atom is 0.211 e. The van der Waals surface area contributed by atoms with Crippen molar-refractivity contribution in [3.8, 4) is 0 Å². The number of benzene rings is 1. The Morgan fingerprint density at radius 1 is 1.14 bits per heavy atom. The first-order valence-corrected chi connectivity index (χ1v) is 11.8. The number of hydrogen-bond donors (Lipinski definition) is 3. The molecule has 7 nitrogen and oxygen atoms in total. The molecule has 1 atom stereocenters. The molecule has 160 valence electrons. The maximum atomic E-state index is 11.4. The van der Waals surface area contributed by atoms with Crippen LogP contribution in [-0.2, 0) is 16.6 Å². The van der Waals surface area contributed by atoms with E-state index in [2.05, 4.69) is 63.5 Å². The van der Waals surface area contributed by atoms with Gasteiger partial charge in [0.1, 0.15) is 0 Å². The monoisotopic (exact) mass is 411 g/mol. The van der Waals surface area contributed by atoms with E-state index in [1.54, 1.807) is 6.92 Å². The molecule has 0 aliphatic carbocycles. The van der Waals surface area contributed by atoms with Gasteiger partial charge in [-0.15, -0.1) is 0 Å². The highest BCUT2D eigenvalue weighted by atomic mass is 32.2. The van der Waals surface area contributed by atoms with Gasteiger partial charge >= 0.3 is 0 Å². The smallest absolute Gasteiger partial charge is 0.211 e. The Labute approximate surface area is 171 Å². The molecule has 1 aromatic rings. The molecule has 0 saturated heterocycles. The van der Waals surface area contributed by atoms with E-state index in [0.29, 0.717) is 25.6 Å². The molecule has 28 heavy (non-hydrogen) atoms. The van der Waals surface area contributed by atoms with Gasteiger partial charge in [-0.3, -0.25) is 9.89 Å². The third-order valence-electron chi connectivity index (χ3n) is 4.53. The molecule has 0 aliphatic rings. The lowest BCUT2D eigenvalue weighted by molar-refractivity contribution is 0.238. The molecule has 0 bridgehead atoms. The molecule has 0 saturated carbocycles. The summed E-state index contributed by atoms with van der Waals surface area (Å²) in [6, 6.07) is 10.9. The molecule has 0 aliphatic heterocycles. The molecule has 0 heterocycles. The van der Waals surface area contributed by atoms with Crippen LogP contribution >= 0.6 is 0 Å². The van der Waals surface area contributed by atoms with E-state index in [0.717, 1.165) is 32.0 Å². The fraction of sp³-hybridized carbons (Fsp3) is 0.650. The van der Waals surface area contributed by atoms with Gasteiger partial charge in [-0.1, -0.05) is 30.3 Å². The van der Waals surface area contributed by atoms with Crippen LogP contribution in [0.3, 0.4) is 0 Å². The van der Waals surface area contributed by atoms with Gasteiger partial charge in [0, 0.05) is 38.8 Å². The number of aliphatic imine (C=N–C) groups is 1. The van der Waals surface area contributed by atoms with Crippen molar-refractivity contribution in [1.82, 2.24) is 20.3 Å². The Balaban J connectivity index is 2.33. The summed E-state index contributed by atoms with van der Waals surface area (Å²) in [6.07, 6.45) is 1.68. The van der Waals surface area contributed by atoms with Gasteiger partial charge in [-0.05, 0) is 46.2 Å². The summed E-state index contributed by atoms with van der Waals surface area (Å²) in [4.78, 5) is 6.86. The van der Waals surface area contributed by atoms with Gasteiger partial charge in [-0.2, -0.15) is 0 Å². The fourth-order valence-electron chi connectivity index (χ4n) is 2.59. The zero-order valence-corrected chi connectivity index (χ0v) is 18.6. The van der Waals surface area contributed by atoms with E-state index in [9.17, 15) is 8.42 Å². The number of rotatable bonds is 13. The Morgan fingerprint density at radius 2 is 1.86 bits per heavy atom. The van der Waals surface area contributed by atoms with E-state index in [1.807, 2.05) is 13.0 Å². The SMILES string of the molecule is CCNC(=NCCCNS(=O)(=O)CC)NCCC(C)N(C)Cc1ccccc1. The van der Waals surface area contributed by atoms with Crippen LogP contribution in [0.25, 0.3) is 0 Å². The lowest BCUT2D eigenvalue weighted by Crippen LogP contribution is -2.40. The standard InChI is InChI=1S/C20H37N5O2S/c1-5-21-20(22-14-10-15-24-28(26,27)6-2)23-16-13-18(3)25(4)17-19-11-8-7-9-12-19/h7-9,11-12,18,24H,5-6,10,13-17H2,1-4H3,(H2,21,22,23). The van der Waals surface area contributed by atoms with Gasteiger partial charge in [0.15, 0.2) is 5.96 Å². The van der Waals surface area contributed by atoms with Gasteiger partial charge in [0.25, 0.3) is 0 Å². The van der Waals surface area contributed by atoms with E-state index in [-0.39, 0.29) is 5.75 Å². The van der Waals surface area contributed by atoms with Crippen LogP contribution < -0.4 is 15.4 Å². The lowest BCUT2D eigenvalue weighted by Gasteiger charge is -2.25. The first-order chi connectivity index (χ1) is 13.4. The second-order valence-electron chi connectivity index (χ2n) is 6.88. The van der Waals surface area contributed by atoms with E-state index in [4.69, 9.17) is 0 Å². The molecule has 3 N–H and O–H groups in total. The number of nitrogens with one attached hydrogen (secondary N) is 3. The average Bonchev–Trinajstić information content (AvgIpc) is 2.68. The fourth-order valence-corrected chi connectivity index (χ4v) is 3.25. The molecule has 0 amide bonds. The second-order valence-corrected chi connectivity index (χ2v) is 8.97. The topological polar surface area (TPSA) is 85.8 Å². The van der Waals surface area contributed by atoms with Gasteiger partial charge in [0.2, 0.25) is 10.0 Å². The highest BCUT2D eigenvalue weighted by Gasteiger charge is 2.10. The summed E-state index contributed by atoms with van der Waals surface area (Å²) >= 11 is 0. The third-order valence-corrected chi connectivity index (χ3v) is 5.94. The highest BCUT2D eigenvalue weighted by Crippen LogP contribution is 2.07. The van der Waals surface area contributed by atoms with Gasteiger partial charge in [0.05, 0.1) is 5.75 Å². The van der Waals surface area contributed by atoms with E-state index in [1.165, 1.54) is 5.56 Å². The molecule has 0 spiro atoms. The Hall–Kier alpha value is -1.64. The minimum absolute atomic E-state index is 0.108. The van der Waals surface area contributed by atoms with Crippen LogP contribution in [-0.4, -0.2) is 64.3 Å². The van der Waals surface area contributed by atoms with Crippen LogP contribution in [0, 0.1) is 0 Å². The van der Waals surface area contributed by atoms with E-state index < -0.39 is 10.0 Å². The summed E-state index contributed by atoms with van der Waals surface area (Å²) < 4.78 is 25.4. The molecule has 1 unspecified atom stereocenters. The van der Waals surface area contributed by atoms with Gasteiger partial charge in [-0.25, -0.2) is 13.1 Å². The summed E-state index contributed by atoms with van der Waals surface area (Å²) in [5, 5.41) is 6.59. The van der Waals surface area contributed by atoms with Crippen molar-refractivity contribution in [2.24, 2.45) is 4.99 Å². The molecule has 0 aromatic heterocycles. The minimum atomic E-state index is -3.12. The number of hydrogen-bond acceptors (Lipinski definition) is 4. The first-order valence-electron chi connectivity index (χ1n) is 10.1. The van der Waals surface area contributed by atoms with Crippen LogP contribution in [0.15, 0.2) is 35.3 Å². The summed E-state index contributed by atoms with van der Waals surface area (Å²) in [5.74, 6) is 0.885. The number of sulfonamides is 1. The Morgan fingerprint density at radius 3 is 2.50 bits per heavy atom. The highest BCUT2D eigenvalue weighted by molar-refractivity contribution is 7.89.